The molecule has 4 heteroatoms. The van der Waals surface area contributed by atoms with Crippen LogP contribution in [-0.4, -0.2) is 4.98 Å². The zero-order chi connectivity index (χ0) is 10.7. The van der Waals surface area contributed by atoms with E-state index in [9.17, 15) is 0 Å². The van der Waals surface area contributed by atoms with Crippen LogP contribution in [0.4, 0.5) is 0 Å². The summed E-state index contributed by atoms with van der Waals surface area (Å²) in [7, 11) is 0. The monoisotopic (exact) mass is 257 g/mol. The Balaban J connectivity index is 2.11. The minimum Gasteiger partial charge on any atom is -0.261 e. The van der Waals surface area contributed by atoms with Gasteiger partial charge in [0.2, 0.25) is 0 Å². The highest BCUT2D eigenvalue weighted by Crippen LogP contribution is 2.34. The fourth-order valence-corrected chi connectivity index (χ4v) is 2.98. The zero-order valence-electron chi connectivity index (χ0n) is 7.86. The van der Waals surface area contributed by atoms with Gasteiger partial charge in [0, 0.05) is 23.2 Å². The minimum absolute atomic E-state index is 0.0904. The van der Waals surface area contributed by atoms with Crippen molar-refractivity contribution in [3.8, 4) is 0 Å². The summed E-state index contributed by atoms with van der Waals surface area (Å²) >= 11 is 13.9. The third kappa shape index (κ3) is 2.71. The van der Waals surface area contributed by atoms with Gasteiger partial charge in [-0.1, -0.05) is 17.7 Å². The summed E-state index contributed by atoms with van der Waals surface area (Å²) in [6.45, 7) is 0. The van der Waals surface area contributed by atoms with E-state index in [0.717, 1.165) is 15.6 Å². The smallest absolute Gasteiger partial charge is 0.0748 e. The van der Waals surface area contributed by atoms with Gasteiger partial charge in [-0.05, 0) is 23.6 Å². The van der Waals surface area contributed by atoms with E-state index in [0.29, 0.717) is 6.42 Å². The third-order valence-corrected chi connectivity index (χ3v) is 4.02. The van der Waals surface area contributed by atoms with Crippen LogP contribution < -0.4 is 0 Å². The van der Waals surface area contributed by atoms with Crippen LogP contribution in [0.2, 0.25) is 5.02 Å². The largest absolute Gasteiger partial charge is 0.261 e. The Morgan fingerprint density at radius 3 is 2.80 bits per heavy atom. The van der Waals surface area contributed by atoms with Crippen LogP contribution in [0.25, 0.3) is 0 Å². The highest BCUT2D eigenvalue weighted by Gasteiger charge is 2.14. The van der Waals surface area contributed by atoms with Gasteiger partial charge in [-0.25, -0.2) is 0 Å². The highest BCUT2D eigenvalue weighted by molar-refractivity contribution is 7.11. The van der Waals surface area contributed by atoms with Crippen LogP contribution >= 0.6 is 34.5 Å². The van der Waals surface area contributed by atoms with Crippen molar-refractivity contribution in [2.24, 2.45) is 0 Å². The van der Waals surface area contributed by atoms with Crippen LogP contribution in [-0.2, 0) is 6.42 Å². The quantitative estimate of drug-likeness (QED) is 0.747. The molecule has 78 valence electrons. The van der Waals surface area contributed by atoms with Gasteiger partial charge in [0.05, 0.1) is 10.4 Å². The van der Waals surface area contributed by atoms with E-state index in [1.807, 2.05) is 29.6 Å². The second-order valence-corrected chi connectivity index (χ2v) is 5.01. The van der Waals surface area contributed by atoms with Crippen molar-refractivity contribution in [3.05, 3.63) is 51.4 Å². The molecule has 0 aliphatic heterocycles. The predicted molar refractivity (Wildman–Crippen MR) is 65.9 cm³/mol. The van der Waals surface area contributed by atoms with Crippen molar-refractivity contribution in [2.45, 2.75) is 11.8 Å². The highest BCUT2D eigenvalue weighted by atomic mass is 35.5. The Kier molecular flexibility index (Phi) is 3.62. The first-order valence-corrected chi connectivity index (χ1v) is 6.23. The maximum atomic E-state index is 6.27. The molecule has 0 radical (unpaired) electrons. The SMILES string of the molecule is Clc1ccsc1C(Cl)Cc1ccccn1. The molecule has 0 spiro atoms. The molecule has 2 rings (SSSR count). The molecule has 2 aromatic heterocycles. The standard InChI is InChI=1S/C11H9Cl2NS/c12-9-4-6-15-11(9)10(13)7-8-3-1-2-5-14-8/h1-6,10H,7H2. The Labute approximate surface area is 103 Å². The van der Waals surface area contributed by atoms with E-state index in [1.54, 1.807) is 17.5 Å². The lowest BCUT2D eigenvalue weighted by molar-refractivity contribution is 0.896. The number of pyridine rings is 1. The minimum atomic E-state index is -0.0904. The van der Waals surface area contributed by atoms with E-state index >= 15 is 0 Å². The van der Waals surface area contributed by atoms with Gasteiger partial charge in [-0.2, -0.15) is 0 Å². The van der Waals surface area contributed by atoms with Gasteiger partial charge in [-0.15, -0.1) is 22.9 Å². The zero-order valence-corrected chi connectivity index (χ0v) is 10.2. The Morgan fingerprint density at radius 2 is 2.20 bits per heavy atom. The lowest BCUT2D eigenvalue weighted by Crippen LogP contribution is -1.96. The second-order valence-electron chi connectivity index (χ2n) is 3.13. The molecule has 0 fully saturated rings. The maximum Gasteiger partial charge on any atom is 0.0748 e. The first-order valence-electron chi connectivity index (χ1n) is 4.54. The summed E-state index contributed by atoms with van der Waals surface area (Å²) in [4.78, 5) is 5.25. The van der Waals surface area contributed by atoms with E-state index in [-0.39, 0.29) is 5.38 Å². The lowest BCUT2D eigenvalue weighted by atomic mass is 10.2. The molecule has 0 aliphatic carbocycles. The third-order valence-electron chi connectivity index (χ3n) is 2.04. The summed E-state index contributed by atoms with van der Waals surface area (Å²) in [6.07, 6.45) is 2.48. The van der Waals surface area contributed by atoms with E-state index < -0.39 is 0 Å². The van der Waals surface area contributed by atoms with Gasteiger partial charge >= 0.3 is 0 Å². The average molecular weight is 258 g/mol. The number of rotatable bonds is 3. The normalized spacial score (nSPS) is 12.7. The molecule has 1 nitrogen and oxygen atoms in total. The Morgan fingerprint density at radius 1 is 1.33 bits per heavy atom. The number of hydrogen-bond donors (Lipinski definition) is 0. The van der Waals surface area contributed by atoms with Crippen molar-refractivity contribution in [1.29, 1.82) is 0 Å². The molecule has 0 saturated carbocycles. The fraction of sp³-hybridized carbons (Fsp3) is 0.182. The van der Waals surface area contributed by atoms with Crippen LogP contribution in [0, 0.1) is 0 Å². The second kappa shape index (κ2) is 4.97. The molecular weight excluding hydrogens is 249 g/mol. The number of alkyl halides is 1. The molecule has 0 amide bonds. The summed E-state index contributed by atoms with van der Waals surface area (Å²) in [5.74, 6) is 0. The molecule has 0 N–H and O–H groups in total. The van der Waals surface area contributed by atoms with Crippen molar-refractivity contribution >= 4 is 34.5 Å². The molecule has 15 heavy (non-hydrogen) atoms. The van der Waals surface area contributed by atoms with Crippen LogP contribution in [0.3, 0.4) is 0 Å². The van der Waals surface area contributed by atoms with Gasteiger partial charge in [0.15, 0.2) is 0 Å². The van der Waals surface area contributed by atoms with Crippen molar-refractivity contribution in [1.82, 2.24) is 4.98 Å². The lowest BCUT2D eigenvalue weighted by Gasteiger charge is -2.07. The first kappa shape index (κ1) is 10.9. The molecule has 2 heterocycles. The van der Waals surface area contributed by atoms with E-state index in [4.69, 9.17) is 23.2 Å². The number of hydrogen-bond acceptors (Lipinski definition) is 2. The topological polar surface area (TPSA) is 12.9 Å². The van der Waals surface area contributed by atoms with Gasteiger partial charge in [0.25, 0.3) is 0 Å². The molecule has 2 aromatic rings. The summed E-state index contributed by atoms with van der Waals surface area (Å²) < 4.78 is 0. The van der Waals surface area contributed by atoms with Gasteiger partial charge in [0.1, 0.15) is 0 Å². The summed E-state index contributed by atoms with van der Waals surface area (Å²) in [6, 6.07) is 7.69. The molecular formula is C11H9Cl2NS. The molecule has 1 atom stereocenters. The first-order chi connectivity index (χ1) is 7.27. The Bertz CT molecular complexity index is 427. The number of nitrogens with zero attached hydrogens (tertiary/aromatic N) is 1. The van der Waals surface area contributed by atoms with Gasteiger partial charge < -0.3 is 0 Å². The van der Waals surface area contributed by atoms with Crippen molar-refractivity contribution < 1.29 is 0 Å². The summed E-state index contributed by atoms with van der Waals surface area (Å²) in [5.41, 5.74) is 0.988. The van der Waals surface area contributed by atoms with Crippen molar-refractivity contribution in [2.75, 3.05) is 0 Å². The molecule has 0 bridgehead atoms. The number of thiophene rings is 1. The van der Waals surface area contributed by atoms with Crippen LogP contribution in [0.15, 0.2) is 35.8 Å². The van der Waals surface area contributed by atoms with Gasteiger partial charge in [-0.3, -0.25) is 4.98 Å². The van der Waals surface area contributed by atoms with Crippen molar-refractivity contribution in [3.63, 3.8) is 0 Å². The Hall–Kier alpha value is -0.570. The summed E-state index contributed by atoms with van der Waals surface area (Å²) in [5, 5.41) is 2.61. The number of halogens is 2. The van der Waals surface area contributed by atoms with E-state index in [1.165, 1.54) is 0 Å². The maximum absolute atomic E-state index is 6.27. The average Bonchev–Trinajstić information content (AvgIpc) is 2.66. The predicted octanol–water partition coefficient (Wildman–Crippen LogP) is 4.32. The van der Waals surface area contributed by atoms with Crippen LogP contribution in [0.1, 0.15) is 15.9 Å². The van der Waals surface area contributed by atoms with Crippen LogP contribution in [0.5, 0.6) is 0 Å². The molecule has 0 aliphatic rings. The molecule has 1 unspecified atom stereocenters. The molecule has 0 aromatic carbocycles. The molecule has 0 saturated heterocycles. The van der Waals surface area contributed by atoms with E-state index in [2.05, 4.69) is 4.98 Å². The fourth-order valence-electron chi connectivity index (χ4n) is 1.32. The number of aromatic nitrogens is 1.